The Bertz CT molecular complexity index is 360. The molecule has 3 unspecified atom stereocenters. The minimum Gasteiger partial charge on any atom is -0.402 e. The molecule has 1 aliphatic carbocycles. The molecule has 0 aromatic heterocycles. The largest absolute Gasteiger partial charge is 0.402 e. The predicted octanol–water partition coefficient (Wildman–Crippen LogP) is 5.06. The van der Waals surface area contributed by atoms with Crippen molar-refractivity contribution in [3.8, 4) is 0 Å². The van der Waals surface area contributed by atoms with Gasteiger partial charge in [-0.15, -0.1) is 0 Å². The molecular weight excluding hydrogens is 230 g/mol. The van der Waals surface area contributed by atoms with Gasteiger partial charge in [0.15, 0.2) is 0 Å². The maximum absolute atomic E-state index is 6.28. The van der Waals surface area contributed by atoms with Crippen molar-refractivity contribution in [3.63, 3.8) is 0 Å². The fourth-order valence-corrected chi connectivity index (χ4v) is 2.44. The van der Waals surface area contributed by atoms with Gasteiger partial charge < -0.3 is 5.73 Å². The Morgan fingerprint density at radius 2 is 1.79 bits per heavy atom. The van der Waals surface area contributed by atoms with Gasteiger partial charge in [0.25, 0.3) is 0 Å². The smallest absolute Gasteiger partial charge is 0.00716 e. The number of hydrogen-bond acceptors (Lipinski definition) is 1. The van der Waals surface area contributed by atoms with Gasteiger partial charge in [-0.25, -0.2) is 0 Å². The van der Waals surface area contributed by atoms with E-state index in [2.05, 4.69) is 65.0 Å². The predicted molar refractivity (Wildman–Crippen MR) is 85.7 cm³/mol. The molecule has 0 aliphatic heterocycles. The molecule has 0 aromatic rings. The summed E-state index contributed by atoms with van der Waals surface area (Å²) >= 11 is 0. The second-order valence-electron chi connectivity index (χ2n) is 6.71. The van der Waals surface area contributed by atoms with Crippen LogP contribution in [0.4, 0.5) is 0 Å². The molecule has 108 valence electrons. The normalized spacial score (nSPS) is 39.0. The van der Waals surface area contributed by atoms with Crippen molar-refractivity contribution in [1.82, 2.24) is 0 Å². The molecule has 0 amide bonds. The third kappa shape index (κ3) is 4.56. The first-order valence-electron chi connectivity index (χ1n) is 7.66. The van der Waals surface area contributed by atoms with Gasteiger partial charge in [0.2, 0.25) is 0 Å². The highest BCUT2D eigenvalue weighted by Crippen LogP contribution is 2.37. The summed E-state index contributed by atoms with van der Waals surface area (Å²) in [5, 5.41) is 0. The van der Waals surface area contributed by atoms with Crippen LogP contribution in [0.15, 0.2) is 36.1 Å². The Morgan fingerprint density at radius 1 is 1.11 bits per heavy atom. The molecule has 0 heterocycles. The molecule has 1 rings (SSSR count). The van der Waals surface area contributed by atoms with E-state index >= 15 is 0 Å². The van der Waals surface area contributed by atoms with E-state index in [9.17, 15) is 0 Å². The zero-order valence-electron chi connectivity index (χ0n) is 13.3. The quantitative estimate of drug-likeness (QED) is 0.648. The SMILES string of the molecule is CC1CCC/C=C\C=C/C(C)C(C)(C)C(C)/C=C\1N. The minimum absolute atomic E-state index is 0.225. The van der Waals surface area contributed by atoms with Crippen LogP contribution >= 0.6 is 0 Å². The second-order valence-corrected chi connectivity index (χ2v) is 6.71. The third-order valence-corrected chi connectivity index (χ3v) is 5.01. The van der Waals surface area contributed by atoms with Crippen molar-refractivity contribution in [1.29, 1.82) is 0 Å². The average Bonchev–Trinajstić information content (AvgIpc) is 2.36. The molecule has 0 saturated heterocycles. The third-order valence-electron chi connectivity index (χ3n) is 5.01. The summed E-state index contributed by atoms with van der Waals surface area (Å²) in [5.41, 5.74) is 7.57. The molecule has 0 fully saturated rings. The van der Waals surface area contributed by atoms with Gasteiger partial charge in [0.1, 0.15) is 0 Å². The zero-order chi connectivity index (χ0) is 14.5. The van der Waals surface area contributed by atoms with Gasteiger partial charge in [-0.05, 0) is 42.4 Å². The van der Waals surface area contributed by atoms with Crippen LogP contribution in [0.1, 0.15) is 53.9 Å². The molecule has 3 atom stereocenters. The first-order chi connectivity index (χ1) is 8.85. The molecule has 0 bridgehead atoms. The van der Waals surface area contributed by atoms with Gasteiger partial charge in [-0.2, -0.15) is 0 Å². The van der Waals surface area contributed by atoms with E-state index in [1.165, 1.54) is 12.8 Å². The molecule has 19 heavy (non-hydrogen) atoms. The van der Waals surface area contributed by atoms with E-state index in [1.54, 1.807) is 0 Å². The fourth-order valence-electron chi connectivity index (χ4n) is 2.44. The van der Waals surface area contributed by atoms with Gasteiger partial charge in [0.05, 0.1) is 0 Å². The minimum atomic E-state index is 0.225. The molecule has 2 N–H and O–H groups in total. The summed E-state index contributed by atoms with van der Waals surface area (Å²) in [5.74, 6) is 1.52. The van der Waals surface area contributed by atoms with E-state index in [1.807, 2.05) is 0 Å². The Morgan fingerprint density at radius 3 is 2.47 bits per heavy atom. The Kier molecular flexibility index (Phi) is 5.90. The van der Waals surface area contributed by atoms with E-state index in [0.29, 0.717) is 17.8 Å². The zero-order valence-corrected chi connectivity index (χ0v) is 13.3. The summed E-state index contributed by atoms with van der Waals surface area (Å²) in [6.07, 6.45) is 14.8. The summed E-state index contributed by atoms with van der Waals surface area (Å²) < 4.78 is 0. The van der Waals surface area contributed by atoms with Crippen LogP contribution in [-0.4, -0.2) is 0 Å². The molecule has 1 aliphatic rings. The van der Waals surface area contributed by atoms with Gasteiger partial charge in [0, 0.05) is 5.70 Å². The van der Waals surface area contributed by atoms with Gasteiger partial charge in [-0.1, -0.05) is 65.0 Å². The monoisotopic (exact) mass is 261 g/mol. The first-order valence-corrected chi connectivity index (χ1v) is 7.66. The molecule has 0 spiro atoms. The van der Waals surface area contributed by atoms with Crippen molar-refractivity contribution in [3.05, 3.63) is 36.1 Å². The van der Waals surface area contributed by atoms with Crippen LogP contribution in [0.5, 0.6) is 0 Å². The molecular formula is C18H31N. The van der Waals surface area contributed by atoms with Crippen molar-refractivity contribution in [2.45, 2.75) is 53.9 Å². The Hall–Kier alpha value is -0.980. The number of nitrogens with two attached hydrogens (primary N) is 1. The second kappa shape index (κ2) is 6.98. The summed E-state index contributed by atoms with van der Waals surface area (Å²) in [6, 6.07) is 0. The number of rotatable bonds is 0. The van der Waals surface area contributed by atoms with Crippen molar-refractivity contribution < 1.29 is 0 Å². The van der Waals surface area contributed by atoms with Crippen molar-refractivity contribution in [2.24, 2.45) is 28.9 Å². The molecule has 1 nitrogen and oxygen atoms in total. The molecule has 0 saturated carbocycles. The lowest BCUT2D eigenvalue weighted by Crippen LogP contribution is -2.28. The van der Waals surface area contributed by atoms with Crippen molar-refractivity contribution >= 4 is 0 Å². The van der Waals surface area contributed by atoms with E-state index in [0.717, 1.165) is 12.1 Å². The van der Waals surface area contributed by atoms with Crippen LogP contribution < -0.4 is 5.73 Å². The Balaban J connectivity index is 2.99. The molecule has 0 radical (unpaired) electrons. The van der Waals surface area contributed by atoms with Crippen LogP contribution in [0, 0.1) is 23.2 Å². The van der Waals surface area contributed by atoms with Crippen LogP contribution in [0.2, 0.25) is 0 Å². The van der Waals surface area contributed by atoms with Crippen LogP contribution in [0.3, 0.4) is 0 Å². The number of hydrogen-bond donors (Lipinski definition) is 1. The van der Waals surface area contributed by atoms with Crippen LogP contribution in [-0.2, 0) is 0 Å². The average molecular weight is 261 g/mol. The standard InChI is InChI=1S/C18H31N/c1-14-11-9-7-6-8-10-12-15(2)18(4,5)16(3)13-17(14)19/h6,8,10,12-16H,7,9,11,19H2,1-5H3/b8-6-,12-10-,17-13+. The highest BCUT2D eigenvalue weighted by Gasteiger charge is 2.29. The lowest BCUT2D eigenvalue weighted by atomic mass is 9.70. The van der Waals surface area contributed by atoms with Gasteiger partial charge in [-0.3, -0.25) is 0 Å². The topological polar surface area (TPSA) is 26.0 Å². The summed E-state index contributed by atoms with van der Waals surface area (Å²) in [7, 11) is 0. The van der Waals surface area contributed by atoms with Crippen LogP contribution in [0.25, 0.3) is 0 Å². The van der Waals surface area contributed by atoms with E-state index in [-0.39, 0.29) is 5.41 Å². The highest BCUT2D eigenvalue weighted by atomic mass is 14.6. The fraction of sp³-hybridized carbons (Fsp3) is 0.667. The molecule has 1 heteroatoms. The maximum atomic E-state index is 6.28. The lowest BCUT2D eigenvalue weighted by Gasteiger charge is -2.35. The lowest BCUT2D eigenvalue weighted by molar-refractivity contribution is 0.205. The first kappa shape index (κ1) is 16.1. The summed E-state index contributed by atoms with van der Waals surface area (Å²) in [4.78, 5) is 0. The molecule has 0 aromatic carbocycles. The van der Waals surface area contributed by atoms with Crippen molar-refractivity contribution in [2.75, 3.05) is 0 Å². The van der Waals surface area contributed by atoms with E-state index in [4.69, 9.17) is 5.73 Å². The van der Waals surface area contributed by atoms with Gasteiger partial charge >= 0.3 is 0 Å². The van der Waals surface area contributed by atoms with E-state index < -0.39 is 0 Å². The Labute approximate surface area is 119 Å². The maximum Gasteiger partial charge on any atom is 0.00716 e. The summed E-state index contributed by atoms with van der Waals surface area (Å²) in [6.45, 7) is 11.5. The highest BCUT2D eigenvalue weighted by molar-refractivity contribution is 5.11. The number of allylic oxidation sites excluding steroid dienone is 6.